The SMILES string of the molecule is NC=C(C(=O)NOC1CCCCO1)c1cnccn1. The zero-order chi connectivity index (χ0) is 13.5. The number of carbonyl (C=O) groups is 1. The number of carbonyl (C=O) groups excluding carboxylic acids is 1. The fourth-order valence-electron chi connectivity index (χ4n) is 1.69. The second-order valence-corrected chi connectivity index (χ2v) is 4.02. The highest BCUT2D eigenvalue weighted by Crippen LogP contribution is 2.13. The minimum Gasteiger partial charge on any atom is -0.404 e. The fourth-order valence-corrected chi connectivity index (χ4v) is 1.69. The molecule has 0 aromatic carbocycles. The van der Waals surface area contributed by atoms with Gasteiger partial charge in [0.05, 0.1) is 17.5 Å². The molecule has 0 bridgehead atoms. The molecular formula is C12H16N4O3. The predicted octanol–water partition coefficient (Wildman–Crippen LogP) is 0.351. The summed E-state index contributed by atoms with van der Waals surface area (Å²) in [6, 6.07) is 0. The Morgan fingerprint density at radius 1 is 1.53 bits per heavy atom. The van der Waals surface area contributed by atoms with E-state index in [1.807, 2.05) is 0 Å². The highest BCUT2D eigenvalue weighted by molar-refractivity contribution is 6.18. The molecule has 7 heteroatoms. The lowest BCUT2D eigenvalue weighted by Gasteiger charge is -2.22. The first kappa shape index (κ1) is 13.4. The Hall–Kier alpha value is -1.99. The van der Waals surface area contributed by atoms with Crippen LogP contribution in [0.2, 0.25) is 0 Å². The van der Waals surface area contributed by atoms with Crippen LogP contribution in [0.3, 0.4) is 0 Å². The third-order valence-electron chi connectivity index (χ3n) is 2.67. The van der Waals surface area contributed by atoms with Crippen molar-refractivity contribution >= 4 is 11.5 Å². The highest BCUT2D eigenvalue weighted by Gasteiger charge is 2.18. The quantitative estimate of drug-likeness (QED) is 0.601. The first-order chi connectivity index (χ1) is 9.31. The molecule has 19 heavy (non-hydrogen) atoms. The number of aromatic nitrogens is 2. The number of nitrogens with two attached hydrogens (primary N) is 1. The number of ether oxygens (including phenoxy) is 1. The smallest absolute Gasteiger partial charge is 0.278 e. The molecule has 1 amide bonds. The summed E-state index contributed by atoms with van der Waals surface area (Å²) in [6.45, 7) is 0.643. The minimum atomic E-state index is -0.475. The van der Waals surface area contributed by atoms with E-state index >= 15 is 0 Å². The van der Waals surface area contributed by atoms with Crippen molar-refractivity contribution in [2.45, 2.75) is 25.6 Å². The van der Waals surface area contributed by atoms with Gasteiger partial charge in [0.15, 0.2) is 6.29 Å². The van der Waals surface area contributed by atoms with Gasteiger partial charge in [-0.25, -0.2) is 10.3 Å². The van der Waals surface area contributed by atoms with Crippen molar-refractivity contribution in [2.75, 3.05) is 6.61 Å². The summed E-state index contributed by atoms with van der Waals surface area (Å²) in [7, 11) is 0. The summed E-state index contributed by atoms with van der Waals surface area (Å²) in [4.78, 5) is 25.0. The molecule has 0 aliphatic carbocycles. The summed E-state index contributed by atoms with van der Waals surface area (Å²) < 4.78 is 5.33. The molecule has 1 unspecified atom stereocenters. The van der Waals surface area contributed by atoms with E-state index < -0.39 is 12.2 Å². The summed E-state index contributed by atoms with van der Waals surface area (Å²) in [5, 5.41) is 0. The first-order valence-electron chi connectivity index (χ1n) is 6.07. The third kappa shape index (κ3) is 3.73. The molecule has 1 aliphatic rings. The lowest BCUT2D eigenvalue weighted by Crippen LogP contribution is -2.33. The van der Waals surface area contributed by atoms with Gasteiger partial charge in [0, 0.05) is 31.6 Å². The molecule has 7 nitrogen and oxygen atoms in total. The molecule has 2 heterocycles. The lowest BCUT2D eigenvalue weighted by molar-refractivity contribution is -0.198. The van der Waals surface area contributed by atoms with E-state index in [1.54, 1.807) is 0 Å². The molecule has 0 spiro atoms. The number of hydrogen-bond acceptors (Lipinski definition) is 6. The van der Waals surface area contributed by atoms with Gasteiger partial charge in [-0.05, 0) is 12.8 Å². The molecule has 1 aromatic heterocycles. The van der Waals surface area contributed by atoms with Crippen LogP contribution in [0, 0.1) is 0 Å². The van der Waals surface area contributed by atoms with Gasteiger partial charge in [-0.3, -0.25) is 14.8 Å². The van der Waals surface area contributed by atoms with Gasteiger partial charge < -0.3 is 10.5 Å². The van der Waals surface area contributed by atoms with Gasteiger partial charge in [0.2, 0.25) is 0 Å². The van der Waals surface area contributed by atoms with Crippen LogP contribution in [-0.4, -0.2) is 28.8 Å². The van der Waals surface area contributed by atoms with Crippen molar-refractivity contribution in [1.82, 2.24) is 15.4 Å². The zero-order valence-corrected chi connectivity index (χ0v) is 10.4. The maximum absolute atomic E-state index is 11.9. The summed E-state index contributed by atoms with van der Waals surface area (Å²) >= 11 is 0. The third-order valence-corrected chi connectivity index (χ3v) is 2.67. The van der Waals surface area contributed by atoms with Crippen molar-refractivity contribution in [3.8, 4) is 0 Å². The largest absolute Gasteiger partial charge is 0.404 e. The lowest BCUT2D eigenvalue weighted by atomic mass is 10.2. The van der Waals surface area contributed by atoms with Crippen LogP contribution >= 0.6 is 0 Å². The van der Waals surface area contributed by atoms with Crippen LogP contribution < -0.4 is 11.2 Å². The molecule has 2 rings (SSSR count). The first-order valence-corrected chi connectivity index (χ1v) is 6.07. The van der Waals surface area contributed by atoms with Gasteiger partial charge in [0.25, 0.3) is 5.91 Å². The second-order valence-electron chi connectivity index (χ2n) is 4.02. The second kappa shape index (κ2) is 6.81. The topological polar surface area (TPSA) is 99.4 Å². The number of amides is 1. The number of rotatable bonds is 4. The number of nitrogens with zero attached hydrogens (tertiary/aromatic N) is 2. The molecular weight excluding hydrogens is 248 g/mol. The Kier molecular flexibility index (Phi) is 4.82. The van der Waals surface area contributed by atoms with E-state index in [-0.39, 0.29) is 5.57 Å². The predicted molar refractivity (Wildman–Crippen MR) is 67.0 cm³/mol. The summed E-state index contributed by atoms with van der Waals surface area (Å²) in [5.41, 5.74) is 8.34. The molecule has 1 atom stereocenters. The Morgan fingerprint density at radius 3 is 3.05 bits per heavy atom. The van der Waals surface area contributed by atoms with Crippen LogP contribution in [0.1, 0.15) is 25.0 Å². The van der Waals surface area contributed by atoms with E-state index in [9.17, 15) is 4.79 Å². The Labute approximate surface area is 110 Å². The van der Waals surface area contributed by atoms with Crippen LogP contribution in [0.5, 0.6) is 0 Å². The Bertz CT molecular complexity index is 444. The highest BCUT2D eigenvalue weighted by atomic mass is 16.8. The van der Waals surface area contributed by atoms with Crippen molar-refractivity contribution in [2.24, 2.45) is 5.73 Å². The summed E-state index contributed by atoms with van der Waals surface area (Å²) in [6.07, 6.45) is 8.01. The fraction of sp³-hybridized carbons (Fsp3) is 0.417. The molecule has 1 saturated heterocycles. The van der Waals surface area contributed by atoms with Gasteiger partial charge in [-0.2, -0.15) is 0 Å². The zero-order valence-electron chi connectivity index (χ0n) is 10.4. The van der Waals surface area contributed by atoms with Crippen LogP contribution in [-0.2, 0) is 14.4 Å². The molecule has 1 fully saturated rings. The van der Waals surface area contributed by atoms with Gasteiger partial charge in [0.1, 0.15) is 0 Å². The van der Waals surface area contributed by atoms with E-state index in [1.165, 1.54) is 24.8 Å². The van der Waals surface area contributed by atoms with E-state index in [4.69, 9.17) is 15.3 Å². The molecule has 0 radical (unpaired) electrons. The van der Waals surface area contributed by atoms with Crippen molar-refractivity contribution in [1.29, 1.82) is 0 Å². The van der Waals surface area contributed by atoms with Gasteiger partial charge in [-0.1, -0.05) is 0 Å². The Morgan fingerprint density at radius 2 is 2.42 bits per heavy atom. The monoisotopic (exact) mass is 264 g/mol. The maximum atomic E-state index is 11.9. The Balaban J connectivity index is 1.91. The molecule has 1 aromatic rings. The number of nitrogens with one attached hydrogen (secondary N) is 1. The molecule has 102 valence electrons. The molecule has 0 saturated carbocycles. The van der Waals surface area contributed by atoms with E-state index in [2.05, 4.69) is 15.4 Å². The van der Waals surface area contributed by atoms with Crippen LogP contribution in [0.4, 0.5) is 0 Å². The van der Waals surface area contributed by atoms with Crippen molar-refractivity contribution in [3.63, 3.8) is 0 Å². The minimum absolute atomic E-state index is 0.198. The van der Waals surface area contributed by atoms with Gasteiger partial charge in [-0.15, -0.1) is 0 Å². The van der Waals surface area contributed by atoms with Gasteiger partial charge >= 0.3 is 0 Å². The maximum Gasteiger partial charge on any atom is 0.278 e. The van der Waals surface area contributed by atoms with Crippen LogP contribution in [0.15, 0.2) is 24.8 Å². The molecule has 1 aliphatic heterocycles. The summed E-state index contributed by atoms with van der Waals surface area (Å²) in [5.74, 6) is -0.475. The number of hydroxylamine groups is 1. The average molecular weight is 264 g/mol. The normalized spacial score (nSPS) is 20.0. The standard InChI is InChI=1S/C12H16N4O3/c13-7-9(10-8-14-4-5-15-10)12(17)16-19-11-3-1-2-6-18-11/h4-5,7-8,11H,1-3,6,13H2,(H,16,17). The van der Waals surface area contributed by atoms with E-state index in [0.717, 1.165) is 19.3 Å². The average Bonchev–Trinajstić information content (AvgIpc) is 2.48. The molecule has 3 N–H and O–H groups in total. The van der Waals surface area contributed by atoms with E-state index in [0.29, 0.717) is 12.3 Å². The number of hydrogen-bond donors (Lipinski definition) is 2. The van der Waals surface area contributed by atoms with Crippen molar-refractivity contribution < 1.29 is 14.4 Å². The van der Waals surface area contributed by atoms with Crippen LogP contribution in [0.25, 0.3) is 5.57 Å². The van der Waals surface area contributed by atoms with Crippen molar-refractivity contribution in [3.05, 3.63) is 30.5 Å².